The van der Waals surface area contributed by atoms with Gasteiger partial charge in [0, 0.05) is 16.4 Å². The number of carboxylic acid groups (broad SMARTS) is 1. The summed E-state index contributed by atoms with van der Waals surface area (Å²) in [5.74, 6) is -1.35. The molecule has 0 saturated heterocycles. The van der Waals surface area contributed by atoms with E-state index in [1.165, 1.54) is 6.07 Å². The van der Waals surface area contributed by atoms with Crippen molar-refractivity contribution < 1.29 is 14.7 Å². The van der Waals surface area contributed by atoms with Crippen molar-refractivity contribution >= 4 is 33.5 Å². The number of aromatic carboxylic acids is 1. The van der Waals surface area contributed by atoms with Gasteiger partial charge in [0.05, 0.1) is 11.3 Å². The molecule has 4 N–H and O–H groups in total. The monoisotopic (exact) mass is 326 g/mol. The molecule has 2 unspecified atom stereocenters. The Morgan fingerprint density at radius 3 is 2.68 bits per heavy atom. The van der Waals surface area contributed by atoms with Crippen LogP contribution in [-0.2, 0) is 4.79 Å². The maximum absolute atomic E-state index is 12.1. The van der Waals surface area contributed by atoms with E-state index in [1.54, 1.807) is 12.1 Å². The van der Waals surface area contributed by atoms with Gasteiger partial charge in [-0.05, 0) is 37.5 Å². The SMILES string of the molecule is NC1CCC(C(=O)Nc2cc(Br)ccc2C(=O)O)C1. The number of nitrogens with one attached hydrogen (secondary N) is 1. The molecule has 1 aromatic rings. The Morgan fingerprint density at radius 2 is 2.11 bits per heavy atom. The molecule has 0 bridgehead atoms. The average molecular weight is 327 g/mol. The summed E-state index contributed by atoms with van der Waals surface area (Å²) in [5.41, 5.74) is 6.17. The van der Waals surface area contributed by atoms with Gasteiger partial charge in [-0.2, -0.15) is 0 Å². The Balaban J connectivity index is 2.16. The molecule has 102 valence electrons. The van der Waals surface area contributed by atoms with E-state index in [0.717, 1.165) is 17.3 Å². The second kappa shape index (κ2) is 5.71. The van der Waals surface area contributed by atoms with E-state index in [0.29, 0.717) is 12.1 Å². The van der Waals surface area contributed by atoms with Gasteiger partial charge in [0.1, 0.15) is 0 Å². The van der Waals surface area contributed by atoms with Gasteiger partial charge >= 0.3 is 5.97 Å². The molecule has 1 aliphatic rings. The fourth-order valence-electron chi connectivity index (χ4n) is 2.30. The molecule has 2 rings (SSSR count). The lowest BCUT2D eigenvalue weighted by Crippen LogP contribution is -2.24. The largest absolute Gasteiger partial charge is 0.478 e. The normalized spacial score (nSPS) is 22.2. The summed E-state index contributed by atoms with van der Waals surface area (Å²) in [6.07, 6.45) is 2.24. The van der Waals surface area contributed by atoms with Crippen LogP contribution >= 0.6 is 15.9 Å². The second-order valence-corrected chi connectivity index (χ2v) is 5.67. The fourth-order valence-corrected chi connectivity index (χ4v) is 2.66. The number of halogens is 1. The van der Waals surface area contributed by atoms with E-state index >= 15 is 0 Å². The number of benzene rings is 1. The molecule has 2 atom stereocenters. The van der Waals surface area contributed by atoms with Crippen LogP contribution in [0.3, 0.4) is 0 Å². The lowest BCUT2D eigenvalue weighted by atomic mass is 10.1. The van der Waals surface area contributed by atoms with Crippen LogP contribution in [0.1, 0.15) is 29.6 Å². The molecule has 1 fully saturated rings. The molecule has 1 saturated carbocycles. The van der Waals surface area contributed by atoms with Crippen molar-refractivity contribution in [3.05, 3.63) is 28.2 Å². The van der Waals surface area contributed by atoms with Crippen LogP contribution in [0.15, 0.2) is 22.7 Å². The first-order chi connectivity index (χ1) is 8.97. The highest BCUT2D eigenvalue weighted by Crippen LogP contribution is 2.27. The molecule has 5 nitrogen and oxygen atoms in total. The van der Waals surface area contributed by atoms with Crippen LogP contribution in [0.25, 0.3) is 0 Å². The minimum absolute atomic E-state index is 0.0669. The number of amides is 1. The summed E-state index contributed by atoms with van der Waals surface area (Å²) in [7, 11) is 0. The number of carbonyl (C=O) groups is 2. The Hall–Kier alpha value is -1.40. The summed E-state index contributed by atoms with van der Waals surface area (Å²) >= 11 is 3.26. The third kappa shape index (κ3) is 3.33. The summed E-state index contributed by atoms with van der Waals surface area (Å²) < 4.78 is 0.718. The smallest absolute Gasteiger partial charge is 0.337 e. The summed E-state index contributed by atoms with van der Waals surface area (Å²) in [6.45, 7) is 0. The van der Waals surface area contributed by atoms with Crippen LogP contribution < -0.4 is 11.1 Å². The number of nitrogens with two attached hydrogens (primary N) is 1. The molecule has 0 spiro atoms. The van der Waals surface area contributed by atoms with Gasteiger partial charge in [0.25, 0.3) is 0 Å². The number of hydrogen-bond donors (Lipinski definition) is 3. The van der Waals surface area contributed by atoms with Crippen LogP contribution in [0.5, 0.6) is 0 Å². The van der Waals surface area contributed by atoms with Gasteiger partial charge in [-0.15, -0.1) is 0 Å². The molecule has 0 heterocycles. The van der Waals surface area contributed by atoms with E-state index in [-0.39, 0.29) is 23.4 Å². The first-order valence-electron chi connectivity index (χ1n) is 6.06. The van der Waals surface area contributed by atoms with Gasteiger partial charge in [-0.25, -0.2) is 4.79 Å². The predicted octanol–water partition coefficient (Wildman–Crippen LogP) is 2.21. The quantitative estimate of drug-likeness (QED) is 0.794. The minimum atomic E-state index is -1.06. The molecule has 1 amide bonds. The van der Waals surface area contributed by atoms with E-state index in [9.17, 15) is 9.59 Å². The Labute approximate surface area is 119 Å². The van der Waals surface area contributed by atoms with Crippen molar-refractivity contribution in [1.82, 2.24) is 0 Å². The molecule has 19 heavy (non-hydrogen) atoms. The van der Waals surface area contributed by atoms with E-state index in [2.05, 4.69) is 21.2 Å². The van der Waals surface area contributed by atoms with Gasteiger partial charge in [0.15, 0.2) is 0 Å². The standard InChI is InChI=1S/C13H15BrN2O3/c14-8-2-4-10(13(18)19)11(6-8)16-12(17)7-1-3-9(15)5-7/h2,4,6-7,9H,1,3,5,15H2,(H,16,17)(H,18,19). The van der Waals surface area contributed by atoms with Crippen molar-refractivity contribution in [1.29, 1.82) is 0 Å². The number of rotatable bonds is 3. The number of hydrogen-bond acceptors (Lipinski definition) is 3. The third-order valence-electron chi connectivity index (χ3n) is 3.31. The van der Waals surface area contributed by atoms with Gasteiger partial charge in [-0.3, -0.25) is 4.79 Å². The first kappa shape index (κ1) is 14.0. The highest BCUT2D eigenvalue weighted by atomic mass is 79.9. The van der Waals surface area contributed by atoms with Crippen molar-refractivity contribution in [3.63, 3.8) is 0 Å². The summed E-state index contributed by atoms with van der Waals surface area (Å²) in [5, 5.41) is 11.8. The van der Waals surface area contributed by atoms with Crippen LogP contribution in [-0.4, -0.2) is 23.0 Å². The summed E-state index contributed by atoms with van der Waals surface area (Å²) in [6, 6.07) is 4.75. The molecular formula is C13H15BrN2O3. The Kier molecular flexibility index (Phi) is 4.21. The number of carbonyl (C=O) groups excluding carboxylic acids is 1. The van der Waals surface area contributed by atoms with Crippen LogP contribution in [0.2, 0.25) is 0 Å². The van der Waals surface area contributed by atoms with Crippen molar-refractivity contribution in [2.75, 3.05) is 5.32 Å². The van der Waals surface area contributed by atoms with E-state index in [4.69, 9.17) is 10.8 Å². The maximum Gasteiger partial charge on any atom is 0.337 e. The molecule has 1 aliphatic carbocycles. The van der Waals surface area contributed by atoms with E-state index < -0.39 is 5.97 Å². The van der Waals surface area contributed by atoms with Gasteiger partial charge < -0.3 is 16.2 Å². The topological polar surface area (TPSA) is 92.4 Å². The first-order valence-corrected chi connectivity index (χ1v) is 6.86. The zero-order valence-electron chi connectivity index (χ0n) is 10.2. The zero-order chi connectivity index (χ0) is 14.0. The zero-order valence-corrected chi connectivity index (χ0v) is 11.8. The van der Waals surface area contributed by atoms with Crippen LogP contribution in [0.4, 0.5) is 5.69 Å². The fraction of sp³-hybridized carbons (Fsp3) is 0.385. The van der Waals surface area contributed by atoms with Gasteiger partial charge in [-0.1, -0.05) is 15.9 Å². The highest BCUT2D eigenvalue weighted by molar-refractivity contribution is 9.10. The average Bonchev–Trinajstić information content (AvgIpc) is 2.75. The number of anilines is 1. The Bertz CT molecular complexity index is 519. The summed E-state index contributed by atoms with van der Waals surface area (Å²) in [4.78, 5) is 23.2. The molecule has 0 radical (unpaired) electrons. The molecular weight excluding hydrogens is 312 g/mol. The van der Waals surface area contributed by atoms with Crippen molar-refractivity contribution in [2.24, 2.45) is 11.7 Å². The van der Waals surface area contributed by atoms with E-state index in [1.807, 2.05) is 0 Å². The Morgan fingerprint density at radius 1 is 1.37 bits per heavy atom. The lowest BCUT2D eigenvalue weighted by Gasteiger charge is -2.13. The van der Waals surface area contributed by atoms with Crippen molar-refractivity contribution in [2.45, 2.75) is 25.3 Å². The minimum Gasteiger partial charge on any atom is -0.478 e. The molecule has 0 aromatic heterocycles. The molecule has 0 aliphatic heterocycles. The third-order valence-corrected chi connectivity index (χ3v) is 3.81. The van der Waals surface area contributed by atoms with Crippen molar-refractivity contribution in [3.8, 4) is 0 Å². The maximum atomic E-state index is 12.1. The molecule has 1 aromatic carbocycles. The lowest BCUT2D eigenvalue weighted by molar-refractivity contribution is -0.119. The van der Waals surface area contributed by atoms with Crippen LogP contribution in [0, 0.1) is 5.92 Å². The highest BCUT2D eigenvalue weighted by Gasteiger charge is 2.28. The number of carboxylic acids is 1. The predicted molar refractivity (Wildman–Crippen MR) is 75.0 cm³/mol. The molecule has 6 heteroatoms. The second-order valence-electron chi connectivity index (χ2n) is 4.75. The van der Waals surface area contributed by atoms with Gasteiger partial charge in [0.2, 0.25) is 5.91 Å².